The number of hydrogen-bond donors (Lipinski definition) is 1. The number of aryl methyl sites for hydroxylation is 2. The van der Waals surface area contributed by atoms with Crippen LogP contribution in [0, 0.1) is 13.8 Å². The normalized spacial score (nSPS) is 12.8. The molecule has 5 heteroatoms. The molecule has 2 rings (SSSR count). The van der Waals surface area contributed by atoms with Crippen molar-refractivity contribution < 1.29 is 19.1 Å². The monoisotopic (exact) mass is 369 g/mol. The van der Waals surface area contributed by atoms with Crippen LogP contribution in [-0.4, -0.2) is 24.1 Å². The predicted octanol–water partition coefficient (Wildman–Crippen LogP) is 4.66. The van der Waals surface area contributed by atoms with E-state index >= 15 is 0 Å². The predicted molar refractivity (Wildman–Crippen MR) is 106 cm³/mol. The first-order valence-electron chi connectivity index (χ1n) is 9.16. The summed E-state index contributed by atoms with van der Waals surface area (Å²) in [7, 11) is 0. The Morgan fingerprint density at radius 1 is 1.04 bits per heavy atom. The minimum Gasteiger partial charge on any atom is -0.479 e. The van der Waals surface area contributed by atoms with Crippen LogP contribution in [0.4, 0.5) is 5.69 Å². The lowest BCUT2D eigenvalue weighted by atomic mass is 10.1. The van der Waals surface area contributed by atoms with Gasteiger partial charge in [0, 0.05) is 11.3 Å². The van der Waals surface area contributed by atoms with Crippen molar-refractivity contribution in [2.45, 2.75) is 53.2 Å². The van der Waals surface area contributed by atoms with Crippen molar-refractivity contribution in [1.29, 1.82) is 0 Å². The average Bonchev–Trinajstić information content (AvgIpc) is 2.64. The highest BCUT2D eigenvalue weighted by atomic mass is 16.6. The smallest absolute Gasteiger partial charge is 0.347 e. The first kappa shape index (κ1) is 20.5. The maximum atomic E-state index is 12.4. The molecule has 5 nitrogen and oxygen atoms in total. The van der Waals surface area contributed by atoms with E-state index in [1.165, 1.54) is 0 Å². The minimum absolute atomic E-state index is 0.139. The molecule has 0 heterocycles. The summed E-state index contributed by atoms with van der Waals surface area (Å²) < 4.78 is 10.9. The van der Waals surface area contributed by atoms with Crippen molar-refractivity contribution in [2.24, 2.45) is 0 Å². The second-order valence-electron chi connectivity index (χ2n) is 6.71. The molecule has 0 aromatic heterocycles. The van der Waals surface area contributed by atoms with Gasteiger partial charge in [-0.1, -0.05) is 24.6 Å². The second kappa shape index (κ2) is 9.21. The van der Waals surface area contributed by atoms with Gasteiger partial charge in [0.2, 0.25) is 0 Å². The maximum Gasteiger partial charge on any atom is 0.347 e. The zero-order valence-electron chi connectivity index (χ0n) is 16.5. The number of anilines is 1. The molecule has 0 aliphatic rings. The van der Waals surface area contributed by atoms with Crippen LogP contribution in [0.2, 0.25) is 0 Å². The van der Waals surface area contributed by atoms with E-state index in [9.17, 15) is 9.59 Å². The van der Waals surface area contributed by atoms with Gasteiger partial charge >= 0.3 is 5.97 Å². The number of rotatable bonds is 7. The van der Waals surface area contributed by atoms with Crippen LogP contribution in [0.25, 0.3) is 0 Å². The Bertz CT molecular complexity index is 798. The molecule has 1 N–H and O–H groups in total. The van der Waals surface area contributed by atoms with E-state index in [0.29, 0.717) is 11.3 Å². The number of esters is 1. The SMILES string of the molecule is CC[C@@H](C)OC(=O)[C@H](C)Oc1ccc(C(=O)Nc2ccc(C)cc2C)cc1. The quantitative estimate of drug-likeness (QED) is 0.721. The fraction of sp³-hybridized carbons (Fsp3) is 0.364. The van der Waals surface area contributed by atoms with E-state index in [1.54, 1.807) is 31.2 Å². The van der Waals surface area contributed by atoms with Crippen LogP contribution in [0.3, 0.4) is 0 Å². The molecule has 0 aliphatic heterocycles. The summed E-state index contributed by atoms with van der Waals surface area (Å²) in [5.74, 6) is -0.0922. The molecule has 0 aliphatic carbocycles. The van der Waals surface area contributed by atoms with Crippen LogP contribution in [-0.2, 0) is 9.53 Å². The first-order chi connectivity index (χ1) is 12.8. The molecule has 0 unspecified atom stereocenters. The van der Waals surface area contributed by atoms with Gasteiger partial charge in [0.25, 0.3) is 5.91 Å². The summed E-state index contributed by atoms with van der Waals surface area (Å²) in [5.41, 5.74) is 3.45. The van der Waals surface area contributed by atoms with Crippen LogP contribution >= 0.6 is 0 Å². The molecule has 1 amide bonds. The lowest BCUT2D eigenvalue weighted by Gasteiger charge is -2.17. The number of amides is 1. The van der Waals surface area contributed by atoms with E-state index < -0.39 is 12.1 Å². The third-order valence-electron chi connectivity index (χ3n) is 4.28. The van der Waals surface area contributed by atoms with Gasteiger partial charge in [-0.05, 0) is 70.0 Å². The van der Waals surface area contributed by atoms with Crippen molar-refractivity contribution in [3.8, 4) is 5.75 Å². The fourth-order valence-electron chi connectivity index (χ4n) is 2.46. The largest absolute Gasteiger partial charge is 0.479 e. The molecule has 0 saturated heterocycles. The average molecular weight is 369 g/mol. The number of nitrogens with one attached hydrogen (secondary N) is 1. The van der Waals surface area contributed by atoms with Crippen LogP contribution in [0.1, 0.15) is 48.7 Å². The molecule has 0 fully saturated rings. The molecule has 0 saturated carbocycles. The van der Waals surface area contributed by atoms with Crippen LogP contribution < -0.4 is 10.1 Å². The molecular formula is C22H27NO4. The van der Waals surface area contributed by atoms with Crippen molar-refractivity contribution in [3.63, 3.8) is 0 Å². The molecule has 2 aromatic carbocycles. The highest BCUT2D eigenvalue weighted by Gasteiger charge is 2.18. The Morgan fingerprint density at radius 3 is 2.30 bits per heavy atom. The third kappa shape index (κ3) is 5.84. The lowest BCUT2D eigenvalue weighted by molar-refractivity contribution is -0.155. The third-order valence-corrected chi connectivity index (χ3v) is 4.28. The Hall–Kier alpha value is -2.82. The molecule has 0 spiro atoms. The zero-order chi connectivity index (χ0) is 20.0. The summed E-state index contributed by atoms with van der Waals surface area (Å²) in [6.07, 6.45) is -0.100. The molecule has 27 heavy (non-hydrogen) atoms. The van der Waals surface area contributed by atoms with E-state index in [2.05, 4.69) is 5.32 Å². The number of ether oxygens (including phenoxy) is 2. The van der Waals surface area contributed by atoms with Gasteiger partial charge in [-0.2, -0.15) is 0 Å². The van der Waals surface area contributed by atoms with E-state index in [4.69, 9.17) is 9.47 Å². The van der Waals surface area contributed by atoms with Crippen molar-refractivity contribution in [1.82, 2.24) is 0 Å². The topological polar surface area (TPSA) is 64.6 Å². The van der Waals surface area contributed by atoms with Gasteiger partial charge in [0.1, 0.15) is 5.75 Å². The highest BCUT2D eigenvalue weighted by Crippen LogP contribution is 2.19. The van der Waals surface area contributed by atoms with E-state index in [-0.39, 0.29) is 12.0 Å². The Morgan fingerprint density at radius 2 is 1.70 bits per heavy atom. The lowest BCUT2D eigenvalue weighted by Crippen LogP contribution is -2.29. The van der Waals surface area contributed by atoms with Crippen LogP contribution in [0.15, 0.2) is 42.5 Å². The van der Waals surface area contributed by atoms with Crippen LogP contribution in [0.5, 0.6) is 5.75 Å². The van der Waals surface area contributed by atoms with Crippen molar-refractivity contribution >= 4 is 17.6 Å². The van der Waals surface area contributed by atoms with Crippen molar-refractivity contribution in [2.75, 3.05) is 5.32 Å². The zero-order valence-corrected chi connectivity index (χ0v) is 16.5. The maximum absolute atomic E-state index is 12.4. The molecule has 0 bridgehead atoms. The Balaban J connectivity index is 1.97. The van der Waals surface area contributed by atoms with Gasteiger partial charge in [0.05, 0.1) is 6.10 Å². The highest BCUT2D eigenvalue weighted by molar-refractivity contribution is 6.04. The number of benzene rings is 2. The van der Waals surface area contributed by atoms with Gasteiger partial charge in [-0.15, -0.1) is 0 Å². The summed E-state index contributed by atoms with van der Waals surface area (Å²) in [4.78, 5) is 24.4. The summed E-state index contributed by atoms with van der Waals surface area (Å²) in [6, 6.07) is 12.5. The Kier molecular flexibility index (Phi) is 6.99. The first-order valence-corrected chi connectivity index (χ1v) is 9.16. The number of carbonyl (C=O) groups is 2. The van der Waals surface area contributed by atoms with E-state index in [0.717, 1.165) is 23.2 Å². The summed E-state index contributed by atoms with van der Waals surface area (Å²) >= 11 is 0. The van der Waals surface area contributed by atoms with Gasteiger partial charge < -0.3 is 14.8 Å². The number of hydrogen-bond acceptors (Lipinski definition) is 4. The number of carbonyl (C=O) groups excluding carboxylic acids is 2. The minimum atomic E-state index is -0.714. The second-order valence-corrected chi connectivity index (χ2v) is 6.71. The molecular weight excluding hydrogens is 342 g/mol. The molecule has 2 aromatic rings. The van der Waals surface area contributed by atoms with E-state index in [1.807, 2.05) is 45.9 Å². The van der Waals surface area contributed by atoms with Crippen molar-refractivity contribution in [3.05, 3.63) is 59.2 Å². The molecule has 144 valence electrons. The fourth-order valence-corrected chi connectivity index (χ4v) is 2.46. The van der Waals surface area contributed by atoms with Gasteiger partial charge in [-0.3, -0.25) is 4.79 Å². The standard InChI is InChI=1S/C22H27NO4/c1-6-16(4)26-22(25)17(5)27-19-10-8-18(9-11-19)21(24)23-20-12-7-14(2)13-15(20)3/h7-13,16-17H,6H2,1-5H3,(H,23,24)/t16-,17+/m1/s1. The summed E-state index contributed by atoms with van der Waals surface area (Å²) in [6.45, 7) is 9.40. The van der Waals surface area contributed by atoms with Gasteiger partial charge in [-0.25, -0.2) is 4.79 Å². The van der Waals surface area contributed by atoms with Gasteiger partial charge in [0.15, 0.2) is 6.10 Å². The molecule has 2 atom stereocenters. The summed E-state index contributed by atoms with van der Waals surface area (Å²) in [5, 5.41) is 2.91. The molecule has 0 radical (unpaired) electrons. The Labute approximate surface area is 160 Å².